The van der Waals surface area contributed by atoms with Gasteiger partial charge < -0.3 is 9.47 Å². The molecule has 0 N–H and O–H groups in total. The summed E-state index contributed by atoms with van der Waals surface area (Å²) in [6, 6.07) is 0. The first-order valence-corrected chi connectivity index (χ1v) is 4.28. The smallest absolute Gasteiger partial charge is 0.310 e. The molecular weight excluding hydrogens is 156 g/mol. The normalized spacial score (nSPS) is 10.8. The van der Waals surface area contributed by atoms with Gasteiger partial charge in [-0.1, -0.05) is 27.7 Å². The number of hydrogen-bond acceptors (Lipinski definition) is 3. The summed E-state index contributed by atoms with van der Waals surface area (Å²) in [7, 11) is 0. The van der Waals surface area contributed by atoms with Crippen molar-refractivity contribution in [3.63, 3.8) is 0 Å². The standard InChI is InChI=1S/C9H18O3/c1-7(2)5-11-6-12-9(10)8(3)4/h7-8H,5-6H2,1-4H3. The van der Waals surface area contributed by atoms with E-state index in [9.17, 15) is 4.79 Å². The van der Waals surface area contributed by atoms with Crippen LogP contribution in [0.15, 0.2) is 0 Å². The molecule has 0 aliphatic rings. The van der Waals surface area contributed by atoms with Crippen LogP contribution in [-0.4, -0.2) is 19.4 Å². The van der Waals surface area contributed by atoms with Gasteiger partial charge in [-0.25, -0.2) is 0 Å². The highest BCUT2D eigenvalue weighted by Gasteiger charge is 2.07. The van der Waals surface area contributed by atoms with E-state index in [1.54, 1.807) is 13.8 Å². The minimum Gasteiger partial charge on any atom is -0.438 e. The average Bonchev–Trinajstić information content (AvgIpc) is 1.97. The number of carbonyl (C=O) groups is 1. The van der Waals surface area contributed by atoms with E-state index < -0.39 is 0 Å². The molecule has 72 valence electrons. The monoisotopic (exact) mass is 174 g/mol. The van der Waals surface area contributed by atoms with Gasteiger partial charge in [0, 0.05) is 0 Å². The highest BCUT2D eigenvalue weighted by Crippen LogP contribution is 1.97. The van der Waals surface area contributed by atoms with Crippen molar-refractivity contribution < 1.29 is 14.3 Å². The van der Waals surface area contributed by atoms with Gasteiger partial charge in [-0.2, -0.15) is 0 Å². The Labute approximate surface area is 74.0 Å². The van der Waals surface area contributed by atoms with Crippen LogP contribution in [0.2, 0.25) is 0 Å². The predicted molar refractivity (Wildman–Crippen MR) is 46.6 cm³/mol. The number of rotatable bonds is 5. The lowest BCUT2D eigenvalue weighted by molar-refractivity contribution is -0.160. The Morgan fingerprint density at radius 2 is 1.83 bits per heavy atom. The first-order chi connectivity index (χ1) is 5.54. The summed E-state index contributed by atoms with van der Waals surface area (Å²) in [6.07, 6.45) is 0. The summed E-state index contributed by atoms with van der Waals surface area (Å²) in [5.74, 6) is 0.189. The highest BCUT2D eigenvalue weighted by molar-refractivity contribution is 5.71. The van der Waals surface area contributed by atoms with Crippen LogP contribution in [0.3, 0.4) is 0 Å². The molecule has 0 heterocycles. The van der Waals surface area contributed by atoms with Gasteiger partial charge in [-0.15, -0.1) is 0 Å². The van der Waals surface area contributed by atoms with E-state index in [1.165, 1.54) is 0 Å². The minimum atomic E-state index is -0.209. The zero-order valence-electron chi connectivity index (χ0n) is 8.29. The molecule has 0 aromatic carbocycles. The molecule has 12 heavy (non-hydrogen) atoms. The lowest BCUT2D eigenvalue weighted by Gasteiger charge is -2.08. The second-order valence-corrected chi connectivity index (χ2v) is 3.50. The van der Waals surface area contributed by atoms with Crippen molar-refractivity contribution >= 4 is 5.97 Å². The van der Waals surface area contributed by atoms with Crippen LogP contribution in [-0.2, 0) is 14.3 Å². The van der Waals surface area contributed by atoms with Crippen molar-refractivity contribution in [2.45, 2.75) is 27.7 Å². The van der Waals surface area contributed by atoms with Crippen LogP contribution >= 0.6 is 0 Å². The van der Waals surface area contributed by atoms with E-state index in [-0.39, 0.29) is 18.7 Å². The molecule has 0 aliphatic carbocycles. The van der Waals surface area contributed by atoms with Gasteiger partial charge in [0.15, 0.2) is 6.79 Å². The van der Waals surface area contributed by atoms with Crippen LogP contribution in [0.1, 0.15) is 27.7 Å². The molecule has 0 aromatic rings. The fraction of sp³-hybridized carbons (Fsp3) is 0.889. The van der Waals surface area contributed by atoms with Gasteiger partial charge >= 0.3 is 5.97 Å². The topological polar surface area (TPSA) is 35.5 Å². The minimum absolute atomic E-state index is 0.0763. The Balaban J connectivity index is 3.26. The summed E-state index contributed by atoms with van der Waals surface area (Å²) in [6.45, 7) is 8.39. The van der Waals surface area contributed by atoms with Crippen LogP contribution in [0.25, 0.3) is 0 Å². The predicted octanol–water partition coefficient (Wildman–Crippen LogP) is 1.82. The van der Waals surface area contributed by atoms with Crippen LogP contribution in [0.4, 0.5) is 0 Å². The van der Waals surface area contributed by atoms with Gasteiger partial charge in [-0.3, -0.25) is 4.79 Å². The summed E-state index contributed by atoms with van der Waals surface area (Å²) < 4.78 is 9.87. The van der Waals surface area contributed by atoms with Gasteiger partial charge in [0.05, 0.1) is 12.5 Å². The average molecular weight is 174 g/mol. The van der Waals surface area contributed by atoms with Gasteiger partial charge in [-0.05, 0) is 5.92 Å². The number of hydrogen-bond donors (Lipinski definition) is 0. The SMILES string of the molecule is CC(C)COCOC(=O)C(C)C. The lowest BCUT2D eigenvalue weighted by atomic mass is 10.2. The molecule has 0 atom stereocenters. The Hall–Kier alpha value is -0.570. The zero-order chi connectivity index (χ0) is 9.56. The second kappa shape index (κ2) is 6.00. The van der Waals surface area contributed by atoms with Crippen molar-refractivity contribution in [2.24, 2.45) is 11.8 Å². The second-order valence-electron chi connectivity index (χ2n) is 3.50. The molecule has 3 heteroatoms. The Morgan fingerprint density at radius 1 is 1.25 bits per heavy atom. The molecule has 0 rings (SSSR count). The molecule has 0 unspecified atom stereocenters. The maximum atomic E-state index is 10.9. The third-order valence-electron chi connectivity index (χ3n) is 1.21. The molecule has 0 radical (unpaired) electrons. The fourth-order valence-electron chi connectivity index (χ4n) is 0.550. The van der Waals surface area contributed by atoms with Gasteiger partial charge in [0.1, 0.15) is 0 Å². The van der Waals surface area contributed by atoms with E-state index in [1.807, 2.05) is 13.8 Å². The summed E-state index contributed by atoms with van der Waals surface area (Å²) in [5, 5.41) is 0. The highest BCUT2D eigenvalue weighted by atomic mass is 16.7. The molecule has 3 nitrogen and oxygen atoms in total. The van der Waals surface area contributed by atoms with E-state index in [2.05, 4.69) is 0 Å². The maximum Gasteiger partial charge on any atom is 0.310 e. The fourth-order valence-corrected chi connectivity index (χ4v) is 0.550. The third-order valence-corrected chi connectivity index (χ3v) is 1.21. The van der Waals surface area contributed by atoms with Crippen LogP contribution in [0.5, 0.6) is 0 Å². The Bertz CT molecular complexity index is 130. The lowest BCUT2D eigenvalue weighted by Crippen LogP contribution is -2.15. The molecule has 0 saturated heterocycles. The molecule has 0 aromatic heterocycles. The van der Waals surface area contributed by atoms with E-state index in [0.717, 1.165) is 0 Å². The van der Waals surface area contributed by atoms with Crippen LogP contribution < -0.4 is 0 Å². The maximum absolute atomic E-state index is 10.9. The number of ether oxygens (including phenoxy) is 2. The Morgan fingerprint density at radius 3 is 2.25 bits per heavy atom. The van der Waals surface area contributed by atoms with E-state index in [4.69, 9.17) is 9.47 Å². The number of carbonyl (C=O) groups excluding carboxylic acids is 1. The third kappa shape index (κ3) is 6.16. The quantitative estimate of drug-likeness (QED) is 0.362. The Kier molecular flexibility index (Phi) is 5.72. The van der Waals surface area contributed by atoms with Crippen molar-refractivity contribution in [3.8, 4) is 0 Å². The van der Waals surface area contributed by atoms with Crippen LogP contribution in [0, 0.1) is 11.8 Å². The summed E-state index contributed by atoms with van der Waals surface area (Å²) in [5.41, 5.74) is 0. The number of esters is 1. The molecule has 0 saturated carbocycles. The largest absolute Gasteiger partial charge is 0.438 e. The summed E-state index contributed by atoms with van der Waals surface area (Å²) in [4.78, 5) is 10.9. The molecule has 0 aliphatic heterocycles. The van der Waals surface area contributed by atoms with Crippen molar-refractivity contribution in [1.82, 2.24) is 0 Å². The van der Waals surface area contributed by atoms with Crippen molar-refractivity contribution in [2.75, 3.05) is 13.4 Å². The first kappa shape index (κ1) is 11.4. The van der Waals surface area contributed by atoms with Crippen molar-refractivity contribution in [1.29, 1.82) is 0 Å². The molecule has 0 amide bonds. The van der Waals surface area contributed by atoms with Gasteiger partial charge in [0.25, 0.3) is 0 Å². The first-order valence-electron chi connectivity index (χ1n) is 4.28. The zero-order valence-corrected chi connectivity index (χ0v) is 8.29. The molecule has 0 spiro atoms. The van der Waals surface area contributed by atoms with E-state index in [0.29, 0.717) is 12.5 Å². The molecule has 0 fully saturated rings. The molecular formula is C9H18O3. The van der Waals surface area contributed by atoms with Gasteiger partial charge in [0.2, 0.25) is 0 Å². The summed E-state index contributed by atoms with van der Waals surface area (Å²) >= 11 is 0. The van der Waals surface area contributed by atoms with E-state index >= 15 is 0 Å². The molecule has 0 bridgehead atoms. The van der Waals surface area contributed by atoms with Crippen molar-refractivity contribution in [3.05, 3.63) is 0 Å².